The third kappa shape index (κ3) is 2.81. The number of hydrogen-bond acceptors (Lipinski definition) is 3. The predicted molar refractivity (Wildman–Crippen MR) is 44.8 cm³/mol. The quantitative estimate of drug-likeness (QED) is 0.601. The molecule has 3 heteroatoms. The van der Waals surface area contributed by atoms with E-state index in [9.17, 15) is 4.79 Å². The second-order valence-electron chi connectivity index (χ2n) is 3.40. The van der Waals surface area contributed by atoms with Gasteiger partial charge in [-0.15, -0.1) is 0 Å². The highest BCUT2D eigenvalue weighted by Crippen LogP contribution is 2.28. The summed E-state index contributed by atoms with van der Waals surface area (Å²) in [6, 6.07) is 0. The average Bonchev–Trinajstić information content (AvgIpc) is 2.01. The highest BCUT2D eigenvalue weighted by molar-refractivity contribution is 5.69. The largest absolute Gasteiger partial charge is 0.469 e. The zero-order valence-electron chi connectivity index (χ0n) is 7.71. The molecule has 1 rings (SSSR count). The first-order valence-corrected chi connectivity index (χ1v) is 4.40. The smallest absolute Gasteiger partial charge is 0.307 e. The Morgan fingerprint density at radius 1 is 1.50 bits per heavy atom. The minimum absolute atomic E-state index is 0.192. The Kier molecular flexibility index (Phi) is 3.53. The molecule has 0 spiro atoms. The van der Waals surface area contributed by atoms with Gasteiger partial charge >= 0.3 is 5.97 Å². The van der Waals surface area contributed by atoms with Crippen LogP contribution < -0.4 is 0 Å². The lowest BCUT2D eigenvalue weighted by Gasteiger charge is -2.32. The van der Waals surface area contributed by atoms with Gasteiger partial charge in [-0.05, 0) is 18.8 Å². The van der Waals surface area contributed by atoms with E-state index in [1.165, 1.54) is 7.11 Å². The third-order valence-electron chi connectivity index (χ3n) is 2.22. The summed E-state index contributed by atoms with van der Waals surface area (Å²) in [5.74, 6) is 0.607. The number of hydrogen-bond donors (Lipinski definition) is 0. The Labute approximate surface area is 73.0 Å². The summed E-state index contributed by atoms with van der Waals surface area (Å²) in [4.78, 5) is 10.7. The van der Waals surface area contributed by atoms with E-state index in [1.54, 1.807) is 0 Å². The van der Waals surface area contributed by atoms with Crippen molar-refractivity contribution in [3.05, 3.63) is 0 Å². The maximum atomic E-state index is 10.7. The molecular weight excluding hydrogens is 156 g/mol. The average molecular weight is 172 g/mol. The maximum Gasteiger partial charge on any atom is 0.307 e. The summed E-state index contributed by atoms with van der Waals surface area (Å²) in [6.07, 6.45) is 3.05. The van der Waals surface area contributed by atoms with Gasteiger partial charge in [-0.1, -0.05) is 6.92 Å². The first-order chi connectivity index (χ1) is 5.72. The molecule has 1 saturated carbocycles. The van der Waals surface area contributed by atoms with E-state index in [-0.39, 0.29) is 5.97 Å². The van der Waals surface area contributed by atoms with Crippen LogP contribution in [0.3, 0.4) is 0 Å². The summed E-state index contributed by atoms with van der Waals surface area (Å²) in [7, 11) is 1.40. The molecule has 0 unspecified atom stereocenters. The summed E-state index contributed by atoms with van der Waals surface area (Å²) < 4.78 is 9.91. The number of methoxy groups -OCH3 is 1. The van der Waals surface area contributed by atoms with Crippen LogP contribution >= 0.6 is 0 Å². The van der Waals surface area contributed by atoms with Gasteiger partial charge in [0, 0.05) is 0 Å². The van der Waals surface area contributed by atoms with E-state index >= 15 is 0 Å². The van der Waals surface area contributed by atoms with Crippen molar-refractivity contribution in [2.24, 2.45) is 5.92 Å². The normalized spacial score (nSPS) is 27.8. The van der Waals surface area contributed by atoms with Crippen LogP contribution in [0.4, 0.5) is 0 Å². The van der Waals surface area contributed by atoms with Crippen LogP contribution in [-0.2, 0) is 14.3 Å². The lowest BCUT2D eigenvalue weighted by Crippen LogP contribution is -2.30. The Bertz CT molecular complexity index is 150. The molecule has 0 aliphatic heterocycles. The fraction of sp³-hybridized carbons (Fsp3) is 0.889. The maximum absolute atomic E-state index is 10.7. The summed E-state index contributed by atoms with van der Waals surface area (Å²) >= 11 is 0. The lowest BCUT2D eigenvalue weighted by atomic mass is 9.84. The van der Waals surface area contributed by atoms with Crippen LogP contribution in [0.2, 0.25) is 0 Å². The Balaban J connectivity index is 1.93. The molecule has 1 fully saturated rings. The standard InChI is InChI=1S/C9H16O3/c1-7-5-8(6-7)12-4-3-9(10)11-2/h7-8H,3-6H2,1-2H3/t7-,8-. The van der Waals surface area contributed by atoms with Crippen molar-refractivity contribution < 1.29 is 14.3 Å². The molecule has 12 heavy (non-hydrogen) atoms. The monoisotopic (exact) mass is 172 g/mol. The first-order valence-electron chi connectivity index (χ1n) is 4.40. The van der Waals surface area contributed by atoms with E-state index in [0.29, 0.717) is 19.1 Å². The summed E-state index contributed by atoms with van der Waals surface area (Å²) in [6.45, 7) is 2.71. The molecule has 3 nitrogen and oxygen atoms in total. The third-order valence-corrected chi connectivity index (χ3v) is 2.22. The number of carbonyl (C=O) groups excluding carboxylic acids is 1. The van der Waals surface area contributed by atoms with Gasteiger partial charge in [0.1, 0.15) is 0 Å². The van der Waals surface area contributed by atoms with Gasteiger partial charge in [-0.3, -0.25) is 4.79 Å². The van der Waals surface area contributed by atoms with Crippen LogP contribution in [0.15, 0.2) is 0 Å². The van der Waals surface area contributed by atoms with Crippen LogP contribution in [0, 0.1) is 5.92 Å². The van der Waals surface area contributed by atoms with Gasteiger partial charge in [-0.25, -0.2) is 0 Å². The number of rotatable bonds is 4. The number of carbonyl (C=O) groups is 1. The van der Waals surface area contributed by atoms with Crippen LogP contribution in [0.5, 0.6) is 0 Å². The zero-order valence-corrected chi connectivity index (χ0v) is 7.71. The van der Waals surface area contributed by atoms with Crippen molar-refractivity contribution in [2.75, 3.05) is 13.7 Å². The second-order valence-corrected chi connectivity index (χ2v) is 3.40. The molecule has 0 aromatic heterocycles. The van der Waals surface area contributed by atoms with E-state index in [0.717, 1.165) is 18.8 Å². The van der Waals surface area contributed by atoms with Gasteiger partial charge in [0.25, 0.3) is 0 Å². The predicted octanol–water partition coefficient (Wildman–Crippen LogP) is 1.36. The van der Waals surface area contributed by atoms with Gasteiger partial charge in [-0.2, -0.15) is 0 Å². The SMILES string of the molecule is COC(=O)CCO[C@H]1C[C@H](C)C1. The van der Waals surface area contributed by atoms with Gasteiger partial charge in [0.15, 0.2) is 0 Å². The van der Waals surface area contributed by atoms with E-state index in [4.69, 9.17) is 4.74 Å². The molecule has 0 aromatic rings. The second kappa shape index (κ2) is 4.45. The molecule has 70 valence electrons. The molecule has 0 saturated heterocycles. The van der Waals surface area contributed by atoms with Crippen molar-refractivity contribution in [3.8, 4) is 0 Å². The molecule has 0 aromatic carbocycles. The van der Waals surface area contributed by atoms with Crippen molar-refractivity contribution in [1.82, 2.24) is 0 Å². The van der Waals surface area contributed by atoms with Gasteiger partial charge < -0.3 is 9.47 Å². The molecule has 1 aliphatic rings. The van der Waals surface area contributed by atoms with Crippen molar-refractivity contribution >= 4 is 5.97 Å². The zero-order chi connectivity index (χ0) is 8.97. The minimum atomic E-state index is -0.192. The van der Waals surface area contributed by atoms with E-state index < -0.39 is 0 Å². The van der Waals surface area contributed by atoms with E-state index in [1.807, 2.05) is 0 Å². The molecule has 0 N–H and O–H groups in total. The first kappa shape index (κ1) is 9.52. The van der Waals surface area contributed by atoms with Gasteiger partial charge in [0.05, 0.1) is 26.2 Å². The van der Waals surface area contributed by atoms with Crippen LogP contribution in [0.1, 0.15) is 26.2 Å². The highest BCUT2D eigenvalue weighted by atomic mass is 16.5. The van der Waals surface area contributed by atoms with Crippen molar-refractivity contribution in [3.63, 3.8) is 0 Å². The molecule has 1 aliphatic carbocycles. The van der Waals surface area contributed by atoms with Crippen LogP contribution in [0.25, 0.3) is 0 Å². The molecule has 0 heterocycles. The fourth-order valence-corrected chi connectivity index (χ4v) is 1.38. The Hall–Kier alpha value is -0.570. The molecule has 0 amide bonds. The van der Waals surface area contributed by atoms with Crippen LogP contribution in [-0.4, -0.2) is 25.8 Å². The van der Waals surface area contributed by atoms with Crippen molar-refractivity contribution in [1.29, 1.82) is 0 Å². The summed E-state index contributed by atoms with van der Waals surface area (Å²) in [5.41, 5.74) is 0. The summed E-state index contributed by atoms with van der Waals surface area (Å²) in [5, 5.41) is 0. The topological polar surface area (TPSA) is 35.5 Å². The molecule has 0 atom stereocenters. The molecular formula is C9H16O3. The fourth-order valence-electron chi connectivity index (χ4n) is 1.38. The molecule has 0 radical (unpaired) electrons. The molecule has 0 bridgehead atoms. The lowest BCUT2D eigenvalue weighted by molar-refractivity contribution is -0.143. The van der Waals surface area contributed by atoms with Crippen molar-refractivity contribution in [2.45, 2.75) is 32.3 Å². The number of ether oxygens (including phenoxy) is 2. The minimum Gasteiger partial charge on any atom is -0.469 e. The highest BCUT2D eigenvalue weighted by Gasteiger charge is 2.25. The Morgan fingerprint density at radius 3 is 2.67 bits per heavy atom. The van der Waals surface area contributed by atoms with Gasteiger partial charge in [0.2, 0.25) is 0 Å². The Morgan fingerprint density at radius 2 is 2.17 bits per heavy atom. The van der Waals surface area contributed by atoms with E-state index in [2.05, 4.69) is 11.7 Å². The number of esters is 1.